The fraction of sp³-hybridized carbons (Fsp3) is 0.435. The molecule has 8 heteroatoms. The van der Waals surface area contributed by atoms with Crippen LogP contribution in [0.15, 0.2) is 29.0 Å². The number of Topliss-reactive ketones (excluding diaryl/α,β-unsaturated/α-hetero) is 4. The van der Waals surface area contributed by atoms with Gasteiger partial charge in [0.05, 0.1) is 23.8 Å². The largest absolute Gasteiger partial charge is 0.507 e. The number of carbonyl (C=O) groups excluding carboxylic acids is 4. The topological polar surface area (TPSA) is 135 Å². The zero-order chi connectivity index (χ0) is 22.0. The number of ketones is 4. The fourth-order valence-electron chi connectivity index (χ4n) is 5.89. The van der Waals surface area contributed by atoms with E-state index in [2.05, 4.69) is 4.98 Å². The molecule has 0 spiro atoms. The van der Waals surface area contributed by atoms with Crippen LogP contribution >= 0.6 is 0 Å². The van der Waals surface area contributed by atoms with Gasteiger partial charge in [-0.1, -0.05) is 0 Å². The number of nitrogens with zero attached hydrogens (tertiary/aromatic N) is 1. The van der Waals surface area contributed by atoms with Crippen molar-refractivity contribution in [3.63, 3.8) is 0 Å². The summed E-state index contributed by atoms with van der Waals surface area (Å²) in [5, 5.41) is 21.2. The quantitative estimate of drug-likeness (QED) is 0.698. The molecule has 0 saturated heterocycles. The van der Waals surface area contributed by atoms with Gasteiger partial charge in [0.2, 0.25) is 5.89 Å². The van der Waals surface area contributed by atoms with Crippen molar-refractivity contribution in [2.45, 2.75) is 32.3 Å². The summed E-state index contributed by atoms with van der Waals surface area (Å²) >= 11 is 0. The van der Waals surface area contributed by atoms with E-state index in [-0.39, 0.29) is 29.4 Å². The molecular formula is C23H21NO7. The molecule has 5 rings (SSSR count). The Morgan fingerprint density at radius 1 is 1.16 bits per heavy atom. The van der Waals surface area contributed by atoms with Crippen molar-refractivity contribution < 1.29 is 33.8 Å². The van der Waals surface area contributed by atoms with Gasteiger partial charge in [-0.05, 0) is 49.3 Å². The van der Waals surface area contributed by atoms with Crippen LogP contribution < -0.4 is 0 Å². The zero-order valence-corrected chi connectivity index (χ0v) is 16.8. The molecule has 0 radical (unpaired) electrons. The Balaban J connectivity index is 1.58. The number of phenolic OH excluding ortho intramolecular Hbond substituents is 1. The molecule has 8 nitrogen and oxygen atoms in total. The minimum atomic E-state index is -1.42. The number of aliphatic hydroxyl groups excluding tert-OH is 1. The third kappa shape index (κ3) is 2.81. The Morgan fingerprint density at radius 3 is 2.61 bits per heavy atom. The minimum absolute atomic E-state index is 0.0363. The smallest absolute Gasteiger partial charge is 0.226 e. The van der Waals surface area contributed by atoms with E-state index in [1.807, 2.05) is 0 Å². The molecule has 1 heterocycles. The number of phenols is 1. The van der Waals surface area contributed by atoms with Crippen molar-refractivity contribution in [2.24, 2.45) is 29.6 Å². The van der Waals surface area contributed by atoms with Crippen LogP contribution in [0.4, 0.5) is 0 Å². The summed E-state index contributed by atoms with van der Waals surface area (Å²) in [5.74, 6) is -5.62. The first-order chi connectivity index (χ1) is 14.8. The first-order valence-electron chi connectivity index (χ1n) is 10.3. The van der Waals surface area contributed by atoms with Gasteiger partial charge in [-0.3, -0.25) is 19.2 Å². The molecule has 1 aromatic heterocycles. The molecule has 3 aliphatic carbocycles. The molecule has 0 amide bonds. The molecule has 2 fully saturated rings. The highest BCUT2D eigenvalue weighted by Crippen LogP contribution is 2.50. The summed E-state index contributed by atoms with van der Waals surface area (Å²) in [4.78, 5) is 55.3. The van der Waals surface area contributed by atoms with Gasteiger partial charge in [0.25, 0.3) is 0 Å². The van der Waals surface area contributed by atoms with Crippen molar-refractivity contribution in [1.82, 2.24) is 4.98 Å². The number of carbonyl (C=O) groups is 4. The minimum Gasteiger partial charge on any atom is -0.507 e. The molecule has 31 heavy (non-hydrogen) atoms. The van der Waals surface area contributed by atoms with Crippen molar-refractivity contribution in [3.8, 4) is 17.2 Å². The molecule has 0 aliphatic heterocycles. The third-order valence-electron chi connectivity index (χ3n) is 7.13. The SMILES string of the molecule is CC(=O)C1C(=O)CC2CC3Cc4c(-c5ncco5)ccc(O)c4C(=O)C3C(=O)C2C1O. The van der Waals surface area contributed by atoms with Gasteiger partial charge in [-0.2, -0.15) is 0 Å². The number of oxazole rings is 1. The standard InChI is InChI=1S/C23H21NO7/c1-9(25)16-15(27)8-11-6-10-7-13-12(23-24-4-5-31-23)2-3-14(26)19(13)22(30)17(10)21(29)18(11)20(16)28/h2-5,10-11,16-18,20,26,28H,6-8H2,1H3. The van der Waals surface area contributed by atoms with Gasteiger partial charge in [0.15, 0.2) is 5.78 Å². The third-order valence-corrected chi connectivity index (χ3v) is 7.13. The van der Waals surface area contributed by atoms with Crippen LogP contribution in [-0.4, -0.2) is 44.4 Å². The fourth-order valence-corrected chi connectivity index (χ4v) is 5.89. The van der Waals surface area contributed by atoms with Crippen LogP contribution in [0.2, 0.25) is 0 Å². The van der Waals surface area contributed by atoms with E-state index in [1.165, 1.54) is 25.5 Å². The zero-order valence-electron chi connectivity index (χ0n) is 16.8. The van der Waals surface area contributed by atoms with Crippen LogP contribution in [0, 0.1) is 29.6 Å². The highest BCUT2D eigenvalue weighted by atomic mass is 16.3. The highest BCUT2D eigenvalue weighted by Gasteiger charge is 2.57. The predicted molar refractivity (Wildman–Crippen MR) is 105 cm³/mol. The molecule has 2 saturated carbocycles. The number of aromatic nitrogens is 1. The number of rotatable bonds is 2. The lowest BCUT2D eigenvalue weighted by Gasteiger charge is -2.47. The average Bonchev–Trinajstić information content (AvgIpc) is 3.21. The lowest BCUT2D eigenvalue weighted by Crippen LogP contribution is -2.57. The van der Waals surface area contributed by atoms with Crippen LogP contribution in [0.3, 0.4) is 0 Å². The summed E-state index contributed by atoms with van der Waals surface area (Å²) in [7, 11) is 0. The lowest BCUT2D eigenvalue weighted by atomic mass is 9.55. The van der Waals surface area contributed by atoms with E-state index >= 15 is 0 Å². The Morgan fingerprint density at radius 2 is 1.94 bits per heavy atom. The van der Waals surface area contributed by atoms with Crippen LogP contribution in [0.5, 0.6) is 5.75 Å². The average molecular weight is 423 g/mol. The Hall–Kier alpha value is -3.13. The van der Waals surface area contributed by atoms with Crippen LogP contribution in [-0.2, 0) is 20.8 Å². The lowest BCUT2D eigenvalue weighted by molar-refractivity contribution is -0.154. The molecule has 6 unspecified atom stereocenters. The number of hydrogen-bond acceptors (Lipinski definition) is 8. The summed E-state index contributed by atoms with van der Waals surface area (Å²) < 4.78 is 5.39. The van der Waals surface area contributed by atoms with Gasteiger partial charge >= 0.3 is 0 Å². The Kier molecular flexibility index (Phi) is 4.44. The van der Waals surface area contributed by atoms with Gasteiger partial charge < -0.3 is 14.6 Å². The summed E-state index contributed by atoms with van der Waals surface area (Å²) in [5.41, 5.74) is 1.23. The number of hydrogen-bond donors (Lipinski definition) is 2. The maximum Gasteiger partial charge on any atom is 0.226 e. The monoisotopic (exact) mass is 423 g/mol. The molecule has 6 atom stereocenters. The van der Waals surface area contributed by atoms with E-state index in [0.29, 0.717) is 29.9 Å². The Labute approximate surface area is 177 Å². The molecule has 1 aromatic carbocycles. The van der Waals surface area contributed by atoms with Gasteiger partial charge in [-0.15, -0.1) is 0 Å². The van der Waals surface area contributed by atoms with Gasteiger partial charge in [0.1, 0.15) is 35.3 Å². The Bertz CT molecular complexity index is 1120. The summed E-state index contributed by atoms with van der Waals surface area (Å²) in [6, 6.07) is 3.01. The predicted octanol–water partition coefficient (Wildman–Crippen LogP) is 1.76. The molecular weight excluding hydrogens is 402 g/mol. The van der Waals surface area contributed by atoms with Crippen molar-refractivity contribution >= 4 is 23.1 Å². The second-order valence-corrected chi connectivity index (χ2v) is 8.80. The second kappa shape index (κ2) is 6.95. The number of aliphatic hydroxyl groups is 1. The van der Waals surface area contributed by atoms with E-state index < -0.39 is 47.1 Å². The van der Waals surface area contributed by atoms with E-state index in [1.54, 1.807) is 6.07 Å². The number of aromatic hydroxyl groups is 1. The molecule has 3 aliphatic rings. The summed E-state index contributed by atoms with van der Waals surface area (Å²) in [6.45, 7) is 1.23. The highest BCUT2D eigenvalue weighted by molar-refractivity contribution is 6.16. The molecule has 0 bridgehead atoms. The van der Waals surface area contributed by atoms with Crippen molar-refractivity contribution in [2.75, 3.05) is 0 Å². The second-order valence-electron chi connectivity index (χ2n) is 8.80. The first kappa shape index (κ1) is 19.8. The number of benzene rings is 1. The van der Waals surface area contributed by atoms with Crippen molar-refractivity contribution in [3.05, 3.63) is 35.7 Å². The van der Waals surface area contributed by atoms with E-state index in [9.17, 15) is 29.4 Å². The normalized spacial score (nSPS) is 32.3. The van der Waals surface area contributed by atoms with Crippen LogP contribution in [0.1, 0.15) is 35.7 Å². The maximum atomic E-state index is 13.4. The number of fused-ring (bicyclic) bond motifs is 3. The molecule has 160 valence electrons. The molecule has 2 N–H and O–H groups in total. The van der Waals surface area contributed by atoms with E-state index in [4.69, 9.17) is 4.42 Å². The maximum absolute atomic E-state index is 13.4. The summed E-state index contributed by atoms with van der Waals surface area (Å²) in [6.07, 6.45) is 2.26. The van der Waals surface area contributed by atoms with Gasteiger partial charge in [-0.25, -0.2) is 4.98 Å². The van der Waals surface area contributed by atoms with Crippen LogP contribution in [0.25, 0.3) is 11.5 Å². The first-order valence-corrected chi connectivity index (χ1v) is 10.3. The van der Waals surface area contributed by atoms with Gasteiger partial charge in [0, 0.05) is 17.9 Å². The molecule has 2 aromatic rings. The van der Waals surface area contributed by atoms with Crippen molar-refractivity contribution in [1.29, 1.82) is 0 Å². The van der Waals surface area contributed by atoms with E-state index in [0.717, 1.165) is 0 Å².